The zero-order chi connectivity index (χ0) is 13.7. The normalized spacial score (nSPS) is 9.95. The summed E-state index contributed by atoms with van der Waals surface area (Å²) in [5, 5.41) is 12.0. The molecule has 2 N–H and O–H groups in total. The molecule has 0 unspecified atom stereocenters. The van der Waals surface area contributed by atoms with Gasteiger partial charge in [0.05, 0.1) is 7.11 Å². The van der Waals surface area contributed by atoms with Gasteiger partial charge in [0.2, 0.25) is 5.88 Å². The lowest BCUT2D eigenvalue weighted by molar-refractivity contribution is 0.0690. The first-order valence-corrected chi connectivity index (χ1v) is 5.61. The number of carboxylic acids is 1. The second-order valence-electron chi connectivity index (χ2n) is 3.79. The van der Waals surface area contributed by atoms with Gasteiger partial charge in [0.25, 0.3) is 0 Å². The van der Waals surface area contributed by atoms with Crippen LogP contribution in [0.2, 0.25) is 0 Å². The molecule has 2 aromatic rings. The van der Waals surface area contributed by atoms with Crippen molar-refractivity contribution in [2.45, 2.75) is 6.54 Å². The Kier molecular flexibility index (Phi) is 3.92. The van der Waals surface area contributed by atoms with E-state index in [0.29, 0.717) is 18.1 Å². The molecular formula is C13H13N3O3. The van der Waals surface area contributed by atoms with Gasteiger partial charge in [-0.15, -0.1) is 0 Å². The highest BCUT2D eigenvalue weighted by Gasteiger charge is 2.04. The smallest absolute Gasteiger partial charge is 0.354 e. The van der Waals surface area contributed by atoms with Crippen LogP contribution in [0.25, 0.3) is 0 Å². The maximum atomic E-state index is 10.8. The summed E-state index contributed by atoms with van der Waals surface area (Å²) >= 11 is 0. The van der Waals surface area contributed by atoms with Crippen LogP contribution in [-0.2, 0) is 6.54 Å². The van der Waals surface area contributed by atoms with Gasteiger partial charge in [0.1, 0.15) is 5.69 Å². The third kappa shape index (κ3) is 3.41. The van der Waals surface area contributed by atoms with Gasteiger partial charge >= 0.3 is 5.97 Å². The number of carbonyl (C=O) groups is 1. The van der Waals surface area contributed by atoms with E-state index in [0.717, 1.165) is 5.56 Å². The Balaban J connectivity index is 2.05. The first kappa shape index (κ1) is 12.8. The summed E-state index contributed by atoms with van der Waals surface area (Å²) in [5.74, 6) is -0.505. The van der Waals surface area contributed by atoms with E-state index < -0.39 is 5.97 Å². The molecule has 0 aliphatic heterocycles. The van der Waals surface area contributed by atoms with Gasteiger partial charge < -0.3 is 15.2 Å². The van der Waals surface area contributed by atoms with Crippen LogP contribution in [0.15, 0.2) is 36.7 Å². The second-order valence-corrected chi connectivity index (χ2v) is 3.79. The minimum Gasteiger partial charge on any atom is -0.481 e. The minimum absolute atomic E-state index is 0.0114. The maximum absolute atomic E-state index is 10.8. The van der Waals surface area contributed by atoms with Crippen LogP contribution in [0.4, 0.5) is 5.69 Å². The molecule has 0 radical (unpaired) electrons. The molecule has 6 nitrogen and oxygen atoms in total. The number of aromatic nitrogens is 2. The lowest BCUT2D eigenvalue weighted by atomic mass is 10.2. The van der Waals surface area contributed by atoms with Gasteiger partial charge in [-0.3, -0.25) is 0 Å². The average Bonchev–Trinajstić information content (AvgIpc) is 2.45. The summed E-state index contributed by atoms with van der Waals surface area (Å²) in [5.41, 5.74) is 1.70. The molecule has 0 aromatic carbocycles. The molecule has 6 heteroatoms. The number of anilines is 1. The van der Waals surface area contributed by atoms with Crippen molar-refractivity contribution in [3.8, 4) is 5.88 Å². The molecule has 0 amide bonds. The van der Waals surface area contributed by atoms with Crippen LogP contribution in [0.1, 0.15) is 16.1 Å². The lowest BCUT2D eigenvalue weighted by Gasteiger charge is -2.07. The van der Waals surface area contributed by atoms with E-state index in [-0.39, 0.29) is 5.69 Å². The molecule has 2 aromatic heterocycles. The van der Waals surface area contributed by atoms with Crippen LogP contribution in [0.5, 0.6) is 5.88 Å². The van der Waals surface area contributed by atoms with E-state index in [2.05, 4.69) is 15.3 Å². The highest BCUT2D eigenvalue weighted by molar-refractivity contribution is 5.86. The van der Waals surface area contributed by atoms with Crippen molar-refractivity contribution in [1.29, 1.82) is 0 Å². The van der Waals surface area contributed by atoms with Crippen molar-refractivity contribution in [2.75, 3.05) is 12.4 Å². The fraction of sp³-hybridized carbons (Fsp3) is 0.154. The molecule has 0 saturated carbocycles. The molecule has 0 aliphatic carbocycles. The largest absolute Gasteiger partial charge is 0.481 e. The molecule has 2 rings (SSSR count). The summed E-state index contributed by atoms with van der Waals surface area (Å²) in [7, 11) is 1.56. The van der Waals surface area contributed by atoms with Crippen LogP contribution < -0.4 is 10.1 Å². The zero-order valence-corrected chi connectivity index (χ0v) is 10.3. The van der Waals surface area contributed by atoms with E-state index >= 15 is 0 Å². The van der Waals surface area contributed by atoms with Gasteiger partial charge in [0.15, 0.2) is 0 Å². The van der Waals surface area contributed by atoms with Crippen LogP contribution >= 0.6 is 0 Å². The molecule has 98 valence electrons. The molecule has 0 spiro atoms. The second kappa shape index (κ2) is 5.81. The Morgan fingerprint density at radius 3 is 2.84 bits per heavy atom. The third-order valence-corrected chi connectivity index (χ3v) is 2.48. The van der Waals surface area contributed by atoms with E-state index in [9.17, 15) is 4.79 Å². The Morgan fingerprint density at radius 2 is 2.11 bits per heavy atom. The summed E-state index contributed by atoms with van der Waals surface area (Å²) < 4.78 is 5.03. The Hall–Kier alpha value is -2.63. The van der Waals surface area contributed by atoms with E-state index in [1.54, 1.807) is 19.4 Å². The third-order valence-electron chi connectivity index (χ3n) is 2.48. The van der Waals surface area contributed by atoms with Crippen LogP contribution in [0, 0.1) is 0 Å². The topological polar surface area (TPSA) is 84.3 Å². The number of carboxylic acid groups (broad SMARTS) is 1. The number of nitrogens with zero attached hydrogens (tertiary/aromatic N) is 2. The van der Waals surface area contributed by atoms with Crippen molar-refractivity contribution < 1.29 is 14.6 Å². The van der Waals surface area contributed by atoms with Crippen molar-refractivity contribution in [3.63, 3.8) is 0 Å². The Labute approximate surface area is 110 Å². The van der Waals surface area contributed by atoms with Crippen molar-refractivity contribution in [1.82, 2.24) is 9.97 Å². The molecule has 19 heavy (non-hydrogen) atoms. The summed E-state index contributed by atoms with van der Waals surface area (Å²) in [6, 6.07) is 6.87. The first-order chi connectivity index (χ1) is 9.19. The summed E-state index contributed by atoms with van der Waals surface area (Å²) in [6.07, 6.45) is 3.12. The van der Waals surface area contributed by atoms with Crippen molar-refractivity contribution >= 4 is 11.7 Å². The molecule has 0 fully saturated rings. The number of hydrogen-bond donors (Lipinski definition) is 2. The standard InChI is InChI=1S/C13H13N3O3/c1-19-12-6-9(2-4-15-12)8-16-10-3-5-14-11(7-10)13(17)18/h2-7H,8H2,1H3,(H,14,16)(H,17,18). The molecule has 2 heterocycles. The van der Waals surface area contributed by atoms with Gasteiger partial charge in [-0.2, -0.15) is 0 Å². The van der Waals surface area contributed by atoms with Crippen molar-refractivity contribution in [3.05, 3.63) is 47.9 Å². The number of hydrogen-bond acceptors (Lipinski definition) is 5. The number of nitrogens with one attached hydrogen (secondary N) is 1. The number of rotatable bonds is 5. The quantitative estimate of drug-likeness (QED) is 0.851. The van der Waals surface area contributed by atoms with Gasteiger partial charge in [-0.25, -0.2) is 14.8 Å². The van der Waals surface area contributed by atoms with E-state index in [4.69, 9.17) is 9.84 Å². The van der Waals surface area contributed by atoms with Gasteiger partial charge in [0, 0.05) is 30.7 Å². The average molecular weight is 259 g/mol. The van der Waals surface area contributed by atoms with Crippen LogP contribution in [0.3, 0.4) is 0 Å². The number of aromatic carboxylic acids is 1. The van der Waals surface area contributed by atoms with E-state index in [1.165, 1.54) is 12.3 Å². The predicted molar refractivity (Wildman–Crippen MR) is 69.3 cm³/mol. The first-order valence-electron chi connectivity index (χ1n) is 5.61. The highest BCUT2D eigenvalue weighted by Crippen LogP contribution is 2.12. The maximum Gasteiger partial charge on any atom is 0.354 e. The fourth-order valence-electron chi connectivity index (χ4n) is 1.53. The Bertz CT molecular complexity index is 587. The lowest BCUT2D eigenvalue weighted by Crippen LogP contribution is -2.04. The molecule has 0 saturated heterocycles. The minimum atomic E-state index is -1.05. The summed E-state index contributed by atoms with van der Waals surface area (Å²) in [4.78, 5) is 18.6. The molecule has 0 atom stereocenters. The van der Waals surface area contributed by atoms with Gasteiger partial charge in [-0.05, 0) is 23.8 Å². The Morgan fingerprint density at radius 1 is 1.32 bits per heavy atom. The van der Waals surface area contributed by atoms with Crippen LogP contribution in [-0.4, -0.2) is 28.2 Å². The predicted octanol–water partition coefficient (Wildman–Crippen LogP) is 1.80. The molecular weight excluding hydrogens is 246 g/mol. The monoisotopic (exact) mass is 259 g/mol. The molecule has 0 bridgehead atoms. The van der Waals surface area contributed by atoms with Gasteiger partial charge in [-0.1, -0.05) is 0 Å². The fourth-order valence-corrected chi connectivity index (χ4v) is 1.53. The highest BCUT2D eigenvalue weighted by atomic mass is 16.5. The number of pyridine rings is 2. The number of methoxy groups -OCH3 is 1. The summed E-state index contributed by atoms with van der Waals surface area (Å²) in [6.45, 7) is 0.544. The SMILES string of the molecule is COc1cc(CNc2ccnc(C(=O)O)c2)ccn1. The number of ether oxygens (including phenoxy) is 1. The zero-order valence-electron chi connectivity index (χ0n) is 10.3. The van der Waals surface area contributed by atoms with E-state index in [1.807, 2.05) is 12.1 Å². The molecule has 0 aliphatic rings. The van der Waals surface area contributed by atoms with Crippen molar-refractivity contribution in [2.24, 2.45) is 0 Å².